The number of H-pyrrole nitrogens is 1. The van der Waals surface area contributed by atoms with Crippen LogP contribution in [-0.4, -0.2) is 16.6 Å². The summed E-state index contributed by atoms with van der Waals surface area (Å²) < 4.78 is 5.68. The lowest BCUT2D eigenvalue weighted by molar-refractivity contribution is 0.315. The Hall–Kier alpha value is -2.62. The SMILES string of the molecule is CCCOc1ccc(-c2nc3ccccc3c(=O)[nH]2)cc1C. The van der Waals surface area contributed by atoms with Gasteiger partial charge in [-0.05, 0) is 49.2 Å². The molecule has 112 valence electrons. The number of rotatable bonds is 4. The minimum atomic E-state index is -0.121. The zero-order valence-corrected chi connectivity index (χ0v) is 12.7. The topological polar surface area (TPSA) is 55.0 Å². The van der Waals surface area contributed by atoms with E-state index in [1.807, 2.05) is 43.3 Å². The number of nitrogens with one attached hydrogen (secondary N) is 1. The third kappa shape index (κ3) is 2.72. The number of hydrogen-bond donors (Lipinski definition) is 1. The summed E-state index contributed by atoms with van der Waals surface area (Å²) >= 11 is 0. The van der Waals surface area contributed by atoms with Crippen LogP contribution >= 0.6 is 0 Å². The van der Waals surface area contributed by atoms with E-state index in [2.05, 4.69) is 16.9 Å². The molecule has 2 aromatic carbocycles. The van der Waals surface area contributed by atoms with Gasteiger partial charge in [-0.1, -0.05) is 19.1 Å². The molecule has 0 spiro atoms. The van der Waals surface area contributed by atoms with E-state index in [0.29, 0.717) is 23.3 Å². The van der Waals surface area contributed by atoms with Gasteiger partial charge in [0.1, 0.15) is 11.6 Å². The monoisotopic (exact) mass is 294 g/mol. The first kappa shape index (κ1) is 14.3. The summed E-state index contributed by atoms with van der Waals surface area (Å²) in [4.78, 5) is 19.5. The Kier molecular flexibility index (Phi) is 3.92. The van der Waals surface area contributed by atoms with E-state index >= 15 is 0 Å². The Morgan fingerprint density at radius 2 is 2.00 bits per heavy atom. The fourth-order valence-corrected chi connectivity index (χ4v) is 2.39. The van der Waals surface area contributed by atoms with E-state index in [4.69, 9.17) is 4.74 Å². The molecule has 0 aliphatic rings. The molecule has 3 aromatic rings. The quantitative estimate of drug-likeness (QED) is 0.798. The lowest BCUT2D eigenvalue weighted by Crippen LogP contribution is -2.09. The smallest absolute Gasteiger partial charge is 0.259 e. The lowest BCUT2D eigenvalue weighted by Gasteiger charge is -2.10. The van der Waals surface area contributed by atoms with E-state index in [9.17, 15) is 4.79 Å². The van der Waals surface area contributed by atoms with Gasteiger partial charge in [-0.3, -0.25) is 4.79 Å². The summed E-state index contributed by atoms with van der Waals surface area (Å²) in [5, 5.41) is 0.603. The highest BCUT2D eigenvalue weighted by atomic mass is 16.5. The Bertz CT molecular complexity index is 868. The minimum Gasteiger partial charge on any atom is -0.493 e. The molecule has 0 bridgehead atoms. The van der Waals surface area contributed by atoms with Crippen LogP contribution in [0.3, 0.4) is 0 Å². The van der Waals surface area contributed by atoms with Gasteiger partial charge in [-0.15, -0.1) is 0 Å². The van der Waals surface area contributed by atoms with Gasteiger partial charge in [-0.2, -0.15) is 0 Å². The Balaban J connectivity index is 2.04. The maximum absolute atomic E-state index is 12.1. The van der Waals surface area contributed by atoms with E-state index in [-0.39, 0.29) is 5.56 Å². The maximum atomic E-state index is 12.1. The van der Waals surface area contributed by atoms with Gasteiger partial charge in [0.15, 0.2) is 0 Å². The van der Waals surface area contributed by atoms with Crippen LogP contribution < -0.4 is 10.3 Å². The molecule has 3 rings (SSSR count). The second-order valence-corrected chi connectivity index (χ2v) is 5.26. The molecule has 4 nitrogen and oxygen atoms in total. The number of aromatic amines is 1. The molecule has 1 aromatic heterocycles. The lowest BCUT2D eigenvalue weighted by atomic mass is 10.1. The highest BCUT2D eigenvalue weighted by Gasteiger charge is 2.07. The third-order valence-corrected chi connectivity index (χ3v) is 3.52. The molecule has 22 heavy (non-hydrogen) atoms. The van der Waals surface area contributed by atoms with E-state index in [1.54, 1.807) is 6.07 Å². The second-order valence-electron chi connectivity index (χ2n) is 5.26. The van der Waals surface area contributed by atoms with Crippen LogP contribution in [0.4, 0.5) is 0 Å². The highest BCUT2D eigenvalue weighted by molar-refractivity contribution is 5.79. The van der Waals surface area contributed by atoms with Crippen LogP contribution in [0.25, 0.3) is 22.3 Å². The van der Waals surface area contributed by atoms with Crippen molar-refractivity contribution in [2.45, 2.75) is 20.3 Å². The Labute approximate surface area is 128 Å². The summed E-state index contributed by atoms with van der Waals surface area (Å²) in [6.45, 7) is 4.77. The average Bonchev–Trinajstić information content (AvgIpc) is 2.53. The van der Waals surface area contributed by atoms with Gasteiger partial charge in [0.05, 0.1) is 17.5 Å². The molecule has 0 radical (unpaired) electrons. The van der Waals surface area contributed by atoms with Crippen LogP contribution in [0, 0.1) is 6.92 Å². The zero-order chi connectivity index (χ0) is 15.5. The number of benzene rings is 2. The largest absolute Gasteiger partial charge is 0.493 e. The molecule has 0 saturated carbocycles. The summed E-state index contributed by atoms with van der Waals surface area (Å²) in [5.74, 6) is 1.45. The molecule has 1 N–H and O–H groups in total. The van der Waals surface area contributed by atoms with Crippen molar-refractivity contribution in [2.24, 2.45) is 0 Å². The fourth-order valence-electron chi connectivity index (χ4n) is 2.39. The van der Waals surface area contributed by atoms with Crippen LogP contribution in [0.2, 0.25) is 0 Å². The van der Waals surface area contributed by atoms with Gasteiger partial charge < -0.3 is 9.72 Å². The Morgan fingerprint density at radius 3 is 2.77 bits per heavy atom. The molecule has 0 fully saturated rings. The first-order valence-electron chi connectivity index (χ1n) is 7.42. The number of aryl methyl sites for hydroxylation is 1. The van der Waals surface area contributed by atoms with Gasteiger partial charge >= 0.3 is 0 Å². The maximum Gasteiger partial charge on any atom is 0.259 e. The van der Waals surface area contributed by atoms with Crippen molar-refractivity contribution in [1.82, 2.24) is 9.97 Å². The van der Waals surface area contributed by atoms with Crippen molar-refractivity contribution in [3.05, 3.63) is 58.4 Å². The van der Waals surface area contributed by atoms with Gasteiger partial charge in [0, 0.05) is 5.56 Å². The summed E-state index contributed by atoms with van der Waals surface area (Å²) in [7, 11) is 0. The fraction of sp³-hybridized carbons (Fsp3) is 0.222. The molecular formula is C18H18N2O2. The van der Waals surface area contributed by atoms with Crippen molar-refractivity contribution < 1.29 is 4.74 Å². The van der Waals surface area contributed by atoms with Gasteiger partial charge in [-0.25, -0.2) is 4.98 Å². The standard InChI is InChI=1S/C18H18N2O2/c1-3-10-22-16-9-8-13(11-12(16)2)17-19-15-7-5-4-6-14(15)18(21)20-17/h4-9,11H,3,10H2,1-2H3,(H,19,20,21). The summed E-state index contributed by atoms with van der Waals surface area (Å²) in [5.41, 5.74) is 2.49. The molecule has 0 atom stereocenters. The number of fused-ring (bicyclic) bond motifs is 1. The van der Waals surface area contributed by atoms with Crippen LogP contribution in [0.15, 0.2) is 47.3 Å². The van der Waals surface area contributed by atoms with Crippen LogP contribution in [0.5, 0.6) is 5.75 Å². The van der Waals surface area contributed by atoms with Crippen LogP contribution in [0.1, 0.15) is 18.9 Å². The molecule has 0 aliphatic carbocycles. The third-order valence-electron chi connectivity index (χ3n) is 3.52. The Morgan fingerprint density at radius 1 is 1.18 bits per heavy atom. The van der Waals surface area contributed by atoms with Crippen molar-refractivity contribution in [3.63, 3.8) is 0 Å². The number of nitrogens with zero attached hydrogens (tertiary/aromatic N) is 1. The number of hydrogen-bond acceptors (Lipinski definition) is 3. The summed E-state index contributed by atoms with van der Waals surface area (Å²) in [6, 6.07) is 13.2. The molecule has 0 unspecified atom stereocenters. The number of aromatic nitrogens is 2. The molecule has 0 amide bonds. The first-order valence-corrected chi connectivity index (χ1v) is 7.42. The molecule has 0 aliphatic heterocycles. The predicted octanol–water partition coefficient (Wildman–Crippen LogP) is 3.69. The first-order chi connectivity index (χ1) is 10.7. The minimum absolute atomic E-state index is 0.121. The van der Waals surface area contributed by atoms with E-state index in [0.717, 1.165) is 23.3 Å². The second kappa shape index (κ2) is 6.02. The number of ether oxygens (including phenoxy) is 1. The van der Waals surface area contributed by atoms with Crippen molar-refractivity contribution in [1.29, 1.82) is 0 Å². The van der Waals surface area contributed by atoms with Crippen molar-refractivity contribution in [3.8, 4) is 17.1 Å². The number of para-hydroxylation sites is 1. The molecule has 0 saturated heterocycles. The van der Waals surface area contributed by atoms with Gasteiger partial charge in [0.2, 0.25) is 0 Å². The predicted molar refractivity (Wildman–Crippen MR) is 88.3 cm³/mol. The molecule has 4 heteroatoms. The van der Waals surface area contributed by atoms with Crippen LogP contribution in [-0.2, 0) is 0 Å². The van der Waals surface area contributed by atoms with Crippen molar-refractivity contribution in [2.75, 3.05) is 6.61 Å². The van der Waals surface area contributed by atoms with E-state index in [1.165, 1.54) is 0 Å². The molecular weight excluding hydrogens is 276 g/mol. The average molecular weight is 294 g/mol. The van der Waals surface area contributed by atoms with E-state index < -0.39 is 0 Å². The molecule has 1 heterocycles. The van der Waals surface area contributed by atoms with Crippen molar-refractivity contribution >= 4 is 10.9 Å². The highest BCUT2D eigenvalue weighted by Crippen LogP contribution is 2.24. The zero-order valence-electron chi connectivity index (χ0n) is 12.7. The van der Waals surface area contributed by atoms with Gasteiger partial charge in [0.25, 0.3) is 5.56 Å². The normalized spacial score (nSPS) is 10.8. The summed E-state index contributed by atoms with van der Waals surface area (Å²) in [6.07, 6.45) is 0.973.